The highest BCUT2D eigenvalue weighted by Gasteiger charge is 2.13. The summed E-state index contributed by atoms with van der Waals surface area (Å²) in [7, 11) is 0. The fourth-order valence-electron chi connectivity index (χ4n) is 1.72. The van der Waals surface area contributed by atoms with Crippen LogP contribution in [0.25, 0.3) is 11.4 Å². The van der Waals surface area contributed by atoms with Gasteiger partial charge in [0, 0.05) is 11.1 Å². The van der Waals surface area contributed by atoms with E-state index in [9.17, 15) is 4.39 Å². The second-order valence-corrected chi connectivity index (χ2v) is 4.64. The molecule has 0 N–H and O–H groups in total. The van der Waals surface area contributed by atoms with Crippen LogP contribution >= 0.6 is 23.2 Å². The van der Waals surface area contributed by atoms with Gasteiger partial charge in [-0.2, -0.15) is 0 Å². The Morgan fingerprint density at radius 1 is 1.17 bits per heavy atom. The van der Waals surface area contributed by atoms with Gasteiger partial charge in [0.15, 0.2) is 5.82 Å². The Morgan fingerprint density at radius 3 is 2.28 bits per heavy atom. The summed E-state index contributed by atoms with van der Waals surface area (Å²) in [6.07, 6.45) is 0.667. The molecule has 5 heteroatoms. The summed E-state index contributed by atoms with van der Waals surface area (Å²) in [5.74, 6) is 0.123. The highest BCUT2D eigenvalue weighted by Crippen LogP contribution is 2.27. The molecule has 94 valence electrons. The van der Waals surface area contributed by atoms with Gasteiger partial charge in [-0.3, -0.25) is 0 Å². The molecule has 0 bridgehead atoms. The van der Waals surface area contributed by atoms with Crippen molar-refractivity contribution in [1.82, 2.24) is 9.97 Å². The van der Waals surface area contributed by atoms with Crippen molar-refractivity contribution in [3.63, 3.8) is 0 Å². The van der Waals surface area contributed by atoms with Crippen molar-refractivity contribution in [2.24, 2.45) is 0 Å². The minimum absolute atomic E-state index is 0.293. The summed E-state index contributed by atoms with van der Waals surface area (Å²) >= 11 is 12.1. The summed E-state index contributed by atoms with van der Waals surface area (Å²) in [5, 5.41) is 0.687. The molecule has 0 unspecified atom stereocenters. The van der Waals surface area contributed by atoms with E-state index >= 15 is 0 Å². The largest absolute Gasteiger partial charge is 0.216 e. The van der Waals surface area contributed by atoms with Crippen molar-refractivity contribution in [3.05, 3.63) is 45.4 Å². The molecule has 1 aromatic heterocycles. The van der Waals surface area contributed by atoms with Crippen molar-refractivity contribution in [2.75, 3.05) is 0 Å². The van der Waals surface area contributed by atoms with Crippen LogP contribution in [0.3, 0.4) is 0 Å². The zero-order valence-corrected chi connectivity index (χ0v) is 11.5. The number of aryl methyl sites for hydroxylation is 1. The van der Waals surface area contributed by atoms with E-state index in [2.05, 4.69) is 9.97 Å². The molecule has 0 fully saturated rings. The lowest BCUT2D eigenvalue weighted by Gasteiger charge is -2.08. The van der Waals surface area contributed by atoms with Crippen LogP contribution in [0.2, 0.25) is 10.3 Å². The van der Waals surface area contributed by atoms with Crippen LogP contribution < -0.4 is 0 Å². The minimum Gasteiger partial charge on any atom is -0.216 e. The molecule has 18 heavy (non-hydrogen) atoms. The monoisotopic (exact) mass is 284 g/mol. The highest BCUT2D eigenvalue weighted by atomic mass is 35.5. The smallest absolute Gasteiger partial charge is 0.162 e. The summed E-state index contributed by atoms with van der Waals surface area (Å²) < 4.78 is 13.0. The molecule has 0 aliphatic heterocycles. The van der Waals surface area contributed by atoms with Gasteiger partial charge in [-0.1, -0.05) is 30.1 Å². The Labute approximate surface area is 115 Å². The quantitative estimate of drug-likeness (QED) is 0.761. The highest BCUT2D eigenvalue weighted by molar-refractivity contribution is 6.34. The maximum absolute atomic E-state index is 13.0. The Hall–Kier alpha value is -1.19. The minimum atomic E-state index is -0.293. The molecule has 0 aliphatic rings. The van der Waals surface area contributed by atoms with Gasteiger partial charge >= 0.3 is 0 Å². The van der Waals surface area contributed by atoms with Gasteiger partial charge in [-0.15, -0.1) is 0 Å². The van der Waals surface area contributed by atoms with Crippen LogP contribution in [-0.4, -0.2) is 9.97 Å². The zero-order valence-electron chi connectivity index (χ0n) is 9.97. The third-order valence-corrected chi connectivity index (χ3v) is 3.31. The number of hydrogen-bond donors (Lipinski definition) is 0. The summed E-state index contributed by atoms with van der Waals surface area (Å²) in [6, 6.07) is 4.41. The fourth-order valence-corrected chi connectivity index (χ4v) is 2.38. The van der Waals surface area contributed by atoms with Gasteiger partial charge < -0.3 is 0 Å². The summed E-state index contributed by atoms with van der Waals surface area (Å²) in [6.45, 7) is 3.72. The van der Waals surface area contributed by atoms with Gasteiger partial charge in [-0.05, 0) is 37.1 Å². The molecule has 1 heterocycles. The second-order valence-electron chi connectivity index (χ2n) is 3.92. The van der Waals surface area contributed by atoms with Gasteiger partial charge in [0.05, 0.1) is 0 Å². The number of rotatable bonds is 2. The number of benzene rings is 1. The maximum atomic E-state index is 13.0. The lowest BCUT2D eigenvalue weighted by atomic mass is 10.1. The molecule has 2 nitrogen and oxygen atoms in total. The van der Waals surface area contributed by atoms with Gasteiger partial charge in [0.25, 0.3) is 0 Å². The number of halogens is 3. The SMILES string of the molecule is CCc1c(Cl)nc(-c2ccc(F)cc2C)nc1Cl. The molecule has 0 saturated carbocycles. The average molecular weight is 285 g/mol. The fraction of sp³-hybridized carbons (Fsp3) is 0.231. The van der Waals surface area contributed by atoms with Crippen LogP contribution in [0.15, 0.2) is 18.2 Å². The molecule has 0 atom stereocenters. The van der Waals surface area contributed by atoms with E-state index in [-0.39, 0.29) is 5.82 Å². The van der Waals surface area contributed by atoms with E-state index in [4.69, 9.17) is 23.2 Å². The molecule has 0 spiro atoms. The third-order valence-electron chi connectivity index (χ3n) is 2.69. The standard InChI is InChI=1S/C13H11Cl2FN2/c1-3-9-11(14)17-13(18-12(9)15)10-5-4-8(16)6-7(10)2/h4-6H,3H2,1-2H3. The molecular weight excluding hydrogens is 274 g/mol. The van der Waals surface area contributed by atoms with Gasteiger partial charge in [0.2, 0.25) is 0 Å². The predicted octanol–water partition coefficient (Wildman–Crippen LogP) is 4.46. The van der Waals surface area contributed by atoms with Crippen LogP contribution in [0.4, 0.5) is 4.39 Å². The van der Waals surface area contributed by atoms with Crippen molar-refractivity contribution >= 4 is 23.2 Å². The van der Waals surface area contributed by atoms with Crippen molar-refractivity contribution < 1.29 is 4.39 Å². The van der Waals surface area contributed by atoms with Gasteiger partial charge in [0.1, 0.15) is 16.1 Å². The zero-order chi connectivity index (χ0) is 13.3. The van der Waals surface area contributed by atoms with E-state index in [0.29, 0.717) is 22.6 Å². The Bertz CT molecular complexity index is 577. The van der Waals surface area contributed by atoms with Crippen LogP contribution in [0, 0.1) is 12.7 Å². The first-order valence-corrected chi connectivity index (χ1v) is 6.27. The molecule has 1 aromatic carbocycles. The van der Waals surface area contributed by atoms with E-state index in [1.54, 1.807) is 13.0 Å². The molecule has 0 saturated heterocycles. The number of aromatic nitrogens is 2. The molecule has 0 aliphatic carbocycles. The van der Waals surface area contributed by atoms with Crippen molar-refractivity contribution in [3.8, 4) is 11.4 Å². The summed E-state index contributed by atoms with van der Waals surface area (Å²) in [5.41, 5.74) is 2.19. The van der Waals surface area contributed by atoms with E-state index in [0.717, 1.165) is 16.7 Å². The maximum Gasteiger partial charge on any atom is 0.162 e. The van der Waals surface area contributed by atoms with Crippen molar-refractivity contribution in [2.45, 2.75) is 20.3 Å². The normalized spacial score (nSPS) is 10.7. The second kappa shape index (κ2) is 5.21. The Kier molecular flexibility index (Phi) is 3.83. The molecule has 2 rings (SSSR count). The first kappa shape index (κ1) is 13.2. The van der Waals surface area contributed by atoms with E-state index in [1.165, 1.54) is 12.1 Å². The lowest BCUT2D eigenvalue weighted by Crippen LogP contribution is -1.98. The predicted molar refractivity (Wildman–Crippen MR) is 71.6 cm³/mol. The third kappa shape index (κ3) is 2.47. The molecule has 0 amide bonds. The number of nitrogens with zero attached hydrogens (tertiary/aromatic N) is 2. The molecule has 2 aromatic rings. The molecular formula is C13H11Cl2FN2. The topological polar surface area (TPSA) is 25.8 Å². The van der Waals surface area contributed by atoms with Crippen LogP contribution in [0.1, 0.15) is 18.1 Å². The number of hydrogen-bond acceptors (Lipinski definition) is 2. The lowest BCUT2D eigenvalue weighted by molar-refractivity contribution is 0.627. The van der Waals surface area contributed by atoms with E-state index in [1.807, 2.05) is 6.92 Å². The van der Waals surface area contributed by atoms with Crippen molar-refractivity contribution in [1.29, 1.82) is 0 Å². The van der Waals surface area contributed by atoms with Crippen LogP contribution in [0.5, 0.6) is 0 Å². The Morgan fingerprint density at radius 2 is 1.78 bits per heavy atom. The molecule has 0 radical (unpaired) electrons. The average Bonchev–Trinajstić information content (AvgIpc) is 2.28. The van der Waals surface area contributed by atoms with E-state index < -0.39 is 0 Å². The first-order chi connectivity index (χ1) is 8.52. The van der Waals surface area contributed by atoms with Gasteiger partial charge in [-0.25, -0.2) is 14.4 Å². The summed E-state index contributed by atoms with van der Waals surface area (Å²) in [4.78, 5) is 8.43. The van der Waals surface area contributed by atoms with Crippen LogP contribution in [-0.2, 0) is 6.42 Å². The Balaban J connectivity index is 2.58. The first-order valence-electron chi connectivity index (χ1n) is 5.51.